The first kappa shape index (κ1) is 63.2. The topological polar surface area (TPSA) is 246 Å². The summed E-state index contributed by atoms with van der Waals surface area (Å²) in [6.07, 6.45) is 3.75. The molecule has 0 bridgehead atoms. The minimum atomic E-state index is -1.96. The molecule has 1 saturated heterocycles. The molecular weight excluding hydrogens is 1120 g/mol. The quantitative estimate of drug-likeness (QED) is 0.0162. The van der Waals surface area contributed by atoms with E-state index >= 15 is 0 Å². The van der Waals surface area contributed by atoms with Gasteiger partial charge in [-0.2, -0.15) is 15.1 Å². The summed E-state index contributed by atoms with van der Waals surface area (Å²) in [6.45, 7) is 8.89. The number of hydrogen-bond acceptors (Lipinski definition) is 22. The van der Waals surface area contributed by atoms with Gasteiger partial charge in [-0.3, -0.25) is 4.79 Å². The summed E-state index contributed by atoms with van der Waals surface area (Å²) in [5, 5.41) is 14.1. The van der Waals surface area contributed by atoms with Crippen LogP contribution in [-0.4, -0.2) is 200 Å². The van der Waals surface area contributed by atoms with Gasteiger partial charge in [0.2, 0.25) is 11.0 Å². The summed E-state index contributed by atoms with van der Waals surface area (Å²) in [7, 11) is -0.345. The van der Waals surface area contributed by atoms with E-state index in [1.54, 1.807) is 40.6 Å². The molecule has 6 rings (SSSR count). The Labute approximate surface area is 461 Å². The first-order valence-electron chi connectivity index (χ1n) is 25.0. The van der Waals surface area contributed by atoms with Crippen molar-refractivity contribution in [3.8, 4) is 11.5 Å². The van der Waals surface area contributed by atoms with Crippen LogP contribution < -0.4 is 14.4 Å². The summed E-state index contributed by atoms with van der Waals surface area (Å²) < 4.78 is 109. The lowest BCUT2D eigenvalue weighted by atomic mass is 10.2. The average molecular weight is 1180 g/mol. The molecule has 1 fully saturated rings. The van der Waals surface area contributed by atoms with Crippen LogP contribution in [-0.2, 0) is 71.6 Å². The van der Waals surface area contributed by atoms with Gasteiger partial charge in [0.15, 0.2) is 25.7 Å². The smallest absolute Gasteiger partial charge is 0.313 e. The number of carbonyl (C=O) groups is 1. The Hall–Kier alpha value is -3.99. The van der Waals surface area contributed by atoms with Gasteiger partial charge in [-0.25, -0.2) is 22.5 Å². The molecule has 0 radical (unpaired) electrons. The van der Waals surface area contributed by atoms with Gasteiger partial charge in [-0.1, -0.05) is 5.21 Å². The Kier molecular flexibility index (Phi) is 29.5. The number of aromatic nitrogens is 7. The van der Waals surface area contributed by atoms with Crippen LogP contribution in [0.4, 0.5) is 19.0 Å². The number of benzene rings is 2. The van der Waals surface area contributed by atoms with Crippen molar-refractivity contribution in [2.75, 3.05) is 143 Å². The summed E-state index contributed by atoms with van der Waals surface area (Å²) in [5.74, 6) is -3.85. The molecule has 23 nitrogen and oxygen atoms in total. The number of halogens is 4. The van der Waals surface area contributed by atoms with Gasteiger partial charge in [-0.15, -0.1) is 16.9 Å². The van der Waals surface area contributed by atoms with E-state index in [4.69, 9.17) is 73.3 Å². The molecule has 0 spiro atoms. The van der Waals surface area contributed by atoms with Crippen LogP contribution >= 0.6 is 40.5 Å². The second-order valence-corrected chi connectivity index (χ2v) is 21.1. The Morgan fingerprint density at radius 2 is 1.41 bits per heavy atom. The number of aryl methyl sites for hydroxylation is 1. The SMILES string of the molecule is COC(CCn1ncc2c(N3CC(Sc4ccc(OCCOCCOCCOCCOCc5cn(CCOCCOCCOCCOCCC(=O)Oc6c(F)cc(F)cc6F)nn5)cc4)C3)nc(Cl)nc21)COPCP(O)O. The number of rotatable bonds is 43. The molecule has 432 valence electrons. The molecule has 0 aliphatic carbocycles. The van der Waals surface area contributed by atoms with E-state index in [-0.39, 0.29) is 52.3 Å². The van der Waals surface area contributed by atoms with Gasteiger partial charge in [-0.05, 0) is 42.3 Å². The molecule has 0 amide bonds. The normalized spacial score (nSPS) is 13.4. The summed E-state index contributed by atoms with van der Waals surface area (Å²) in [4.78, 5) is 42.3. The fourth-order valence-electron chi connectivity index (χ4n) is 7.04. The zero-order valence-corrected chi connectivity index (χ0v) is 46.6. The molecule has 78 heavy (non-hydrogen) atoms. The molecular formula is C48H66ClF3N8O15P2S. The maximum Gasteiger partial charge on any atom is 0.313 e. The van der Waals surface area contributed by atoms with Crippen LogP contribution in [0.25, 0.3) is 11.0 Å². The van der Waals surface area contributed by atoms with Crippen molar-refractivity contribution in [2.45, 2.75) is 48.8 Å². The number of hydrogen-bond donors (Lipinski definition) is 2. The number of nitrogens with zero attached hydrogens (tertiary/aromatic N) is 8. The van der Waals surface area contributed by atoms with E-state index in [1.807, 2.05) is 12.1 Å². The second kappa shape index (κ2) is 36.4. The molecule has 1 aliphatic rings. The summed E-state index contributed by atoms with van der Waals surface area (Å²) in [5.41, 5.74) is 1.34. The summed E-state index contributed by atoms with van der Waals surface area (Å²) >= 11 is 8.18. The number of fused-ring (bicyclic) bond motifs is 1. The van der Waals surface area contributed by atoms with Crippen molar-refractivity contribution >= 4 is 63.4 Å². The summed E-state index contributed by atoms with van der Waals surface area (Å²) in [6, 6.07) is 8.88. The number of carbonyl (C=O) groups excluding carboxylic acids is 1. The van der Waals surface area contributed by atoms with Gasteiger partial charge in [0.25, 0.3) is 0 Å². The Morgan fingerprint density at radius 3 is 2.04 bits per heavy atom. The van der Waals surface area contributed by atoms with Crippen molar-refractivity contribution in [3.05, 3.63) is 77.2 Å². The minimum Gasteiger partial charge on any atom is -0.491 e. The molecule has 2 unspecified atom stereocenters. The monoisotopic (exact) mass is 1180 g/mol. The van der Waals surface area contributed by atoms with Gasteiger partial charge < -0.3 is 71.3 Å². The average Bonchev–Trinajstić information content (AvgIpc) is 4.18. The lowest BCUT2D eigenvalue weighted by Crippen LogP contribution is -2.49. The van der Waals surface area contributed by atoms with Crippen LogP contribution in [0.5, 0.6) is 11.5 Å². The highest BCUT2D eigenvalue weighted by Crippen LogP contribution is 2.36. The first-order chi connectivity index (χ1) is 38.0. The fourth-order valence-corrected chi connectivity index (χ4v) is 9.52. The third-order valence-electron chi connectivity index (χ3n) is 11.0. The molecule has 1 aliphatic heterocycles. The maximum atomic E-state index is 13.6. The third kappa shape index (κ3) is 23.6. The van der Waals surface area contributed by atoms with Crippen LogP contribution in [0.3, 0.4) is 0 Å². The minimum absolute atomic E-state index is 0.000239. The van der Waals surface area contributed by atoms with Gasteiger partial charge in [0.05, 0.1) is 155 Å². The van der Waals surface area contributed by atoms with Crippen molar-refractivity contribution in [3.63, 3.8) is 0 Å². The lowest BCUT2D eigenvalue weighted by Gasteiger charge is -2.39. The molecule has 2 aromatic carbocycles. The largest absolute Gasteiger partial charge is 0.491 e. The van der Waals surface area contributed by atoms with Crippen LogP contribution in [0.1, 0.15) is 18.5 Å². The zero-order chi connectivity index (χ0) is 55.2. The second-order valence-electron chi connectivity index (χ2n) is 16.8. The highest BCUT2D eigenvalue weighted by molar-refractivity contribution is 8.00. The van der Waals surface area contributed by atoms with E-state index in [1.165, 1.54) is 0 Å². The molecule has 5 aromatic rings. The van der Waals surface area contributed by atoms with Gasteiger partial charge in [0.1, 0.15) is 29.7 Å². The van der Waals surface area contributed by atoms with Crippen molar-refractivity contribution < 1.29 is 84.4 Å². The van der Waals surface area contributed by atoms with E-state index in [2.05, 4.69) is 47.1 Å². The predicted octanol–water partition coefficient (Wildman–Crippen LogP) is 5.45. The highest BCUT2D eigenvalue weighted by Gasteiger charge is 2.31. The van der Waals surface area contributed by atoms with E-state index in [0.717, 1.165) is 34.9 Å². The van der Waals surface area contributed by atoms with Gasteiger partial charge in [0, 0.05) is 57.8 Å². The molecule has 3 aromatic heterocycles. The molecule has 4 heterocycles. The maximum absolute atomic E-state index is 13.6. The molecule has 30 heteroatoms. The Balaban J connectivity index is 0.677. The predicted molar refractivity (Wildman–Crippen MR) is 282 cm³/mol. The molecule has 2 atom stereocenters. The Morgan fingerprint density at radius 1 is 0.808 bits per heavy atom. The standard InChI is InChI=1S/C48H66ClF3N8O15P2S/c1-64-38(33-74-76-34-77(62)63)6-8-60-47-41(28-53-60)46(54-48(49)55-47)58-30-40(31-58)78-39-4-2-37(3-5-39)73-25-24-71-21-20-69-18-19-70-22-23-72-32-36-29-59(57-56-36)9-11-66-13-15-68-17-16-67-14-12-65-10-7-44(61)75-45-42(51)26-35(50)27-43(45)52/h2-5,26-29,38,40,62-63,76H,6-25,30-34H2,1H3. The van der Waals surface area contributed by atoms with Crippen LogP contribution in [0.15, 0.2) is 53.7 Å². The van der Waals surface area contributed by atoms with Crippen molar-refractivity contribution in [1.29, 1.82) is 0 Å². The number of anilines is 1. The zero-order valence-electron chi connectivity index (χ0n) is 43.1. The van der Waals surface area contributed by atoms with Crippen molar-refractivity contribution in [2.24, 2.45) is 0 Å². The molecule has 2 N–H and O–H groups in total. The first-order valence-corrected chi connectivity index (χ1v) is 28.8. The lowest BCUT2D eigenvalue weighted by molar-refractivity contribution is -0.136. The van der Waals surface area contributed by atoms with E-state index in [9.17, 15) is 18.0 Å². The third-order valence-corrected chi connectivity index (χ3v) is 14.3. The van der Waals surface area contributed by atoms with E-state index in [0.29, 0.717) is 147 Å². The van der Waals surface area contributed by atoms with Gasteiger partial charge >= 0.3 is 5.97 Å². The molecule has 0 saturated carbocycles. The number of thioether (sulfide) groups is 1. The number of methoxy groups -OCH3 is 1. The highest BCUT2D eigenvalue weighted by atomic mass is 35.5. The van der Waals surface area contributed by atoms with Crippen LogP contribution in [0, 0.1) is 17.5 Å². The van der Waals surface area contributed by atoms with Crippen molar-refractivity contribution in [1.82, 2.24) is 34.7 Å². The number of ether oxygens (including phenoxy) is 11. The van der Waals surface area contributed by atoms with Crippen LogP contribution in [0.2, 0.25) is 5.28 Å². The fraction of sp³-hybridized carbons (Fsp3) is 0.583. The Bertz CT molecular complexity index is 2470. The number of esters is 1. The van der Waals surface area contributed by atoms with E-state index < -0.39 is 37.5 Å².